The lowest BCUT2D eigenvalue weighted by atomic mass is 10.1. The highest BCUT2D eigenvalue weighted by Gasteiger charge is 2.16. The van der Waals surface area contributed by atoms with Crippen LogP contribution in [-0.4, -0.2) is 28.5 Å². The van der Waals surface area contributed by atoms with Crippen LogP contribution in [0.4, 0.5) is 11.4 Å². The highest BCUT2D eigenvalue weighted by atomic mass is 35.5. The molecule has 3 aromatic rings. The number of carbonyl (C=O) groups is 1. The van der Waals surface area contributed by atoms with Gasteiger partial charge in [-0.15, -0.1) is 0 Å². The standard InChI is InChI=1S/C23H23ClN2O5S/c1-15-19(24)5-4-6-20(15)26-32(28,29)18-10-8-17(9-11-18)25-23(27)14-16-7-12-21(30-2)22(13-16)31-3/h4-13,26H,14H2,1-3H3,(H,25,27). The molecule has 0 radical (unpaired) electrons. The Morgan fingerprint density at radius 2 is 1.66 bits per heavy atom. The van der Waals surface area contributed by atoms with Crippen LogP contribution in [0, 0.1) is 6.92 Å². The summed E-state index contributed by atoms with van der Waals surface area (Å²) in [6.07, 6.45) is 0.121. The molecule has 0 aliphatic heterocycles. The van der Waals surface area contributed by atoms with Gasteiger partial charge in [0.1, 0.15) is 0 Å². The second-order valence-electron chi connectivity index (χ2n) is 6.96. The Bertz CT molecular complexity index is 1230. The molecule has 0 unspecified atom stereocenters. The van der Waals surface area contributed by atoms with Crippen molar-refractivity contribution >= 4 is 38.9 Å². The summed E-state index contributed by atoms with van der Waals surface area (Å²) in [4.78, 5) is 12.5. The van der Waals surface area contributed by atoms with E-state index in [9.17, 15) is 13.2 Å². The minimum Gasteiger partial charge on any atom is -0.493 e. The van der Waals surface area contributed by atoms with Crippen molar-refractivity contribution in [1.29, 1.82) is 0 Å². The van der Waals surface area contributed by atoms with Crippen LogP contribution in [0.3, 0.4) is 0 Å². The number of amides is 1. The Morgan fingerprint density at radius 1 is 0.969 bits per heavy atom. The van der Waals surface area contributed by atoms with Crippen LogP contribution in [0.5, 0.6) is 11.5 Å². The predicted octanol–water partition coefficient (Wildman–Crippen LogP) is 4.65. The van der Waals surface area contributed by atoms with Crippen molar-refractivity contribution in [2.24, 2.45) is 0 Å². The van der Waals surface area contributed by atoms with Gasteiger partial charge in [-0.25, -0.2) is 8.42 Å². The second kappa shape index (κ2) is 9.93. The Morgan fingerprint density at radius 3 is 2.31 bits per heavy atom. The first-order valence-electron chi connectivity index (χ1n) is 9.62. The first kappa shape index (κ1) is 23.4. The molecule has 0 aromatic heterocycles. The smallest absolute Gasteiger partial charge is 0.261 e. The maximum absolute atomic E-state index is 12.7. The molecule has 3 aromatic carbocycles. The van der Waals surface area contributed by atoms with Gasteiger partial charge < -0.3 is 14.8 Å². The number of carbonyl (C=O) groups excluding carboxylic acids is 1. The van der Waals surface area contributed by atoms with Crippen LogP contribution in [0.2, 0.25) is 5.02 Å². The van der Waals surface area contributed by atoms with E-state index in [0.29, 0.717) is 33.5 Å². The van der Waals surface area contributed by atoms with E-state index in [0.717, 1.165) is 5.56 Å². The lowest BCUT2D eigenvalue weighted by Gasteiger charge is -2.12. The fourth-order valence-electron chi connectivity index (χ4n) is 3.02. The average Bonchev–Trinajstić information content (AvgIpc) is 2.77. The number of rotatable bonds is 8. The van der Waals surface area contributed by atoms with E-state index < -0.39 is 10.0 Å². The number of anilines is 2. The molecule has 0 bridgehead atoms. The molecule has 1 amide bonds. The minimum atomic E-state index is -3.81. The fourth-order valence-corrected chi connectivity index (χ4v) is 4.32. The number of nitrogens with one attached hydrogen (secondary N) is 2. The molecule has 168 valence electrons. The lowest BCUT2D eigenvalue weighted by Crippen LogP contribution is -2.16. The maximum atomic E-state index is 12.7. The van der Waals surface area contributed by atoms with Crippen molar-refractivity contribution in [3.8, 4) is 11.5 Å². The van der Waals surface area contributed by atoms with Crippen LogP contribution in [-0.2, 0) is 21.2 Å². The third-order valence-electron chi connectivity index (χ3n) is 4.77. The summed E-state index contributed by atoms with van der Waals surface area (Å²) >= 11 is 6.06. The monoisotopic (exact) mass is 474 g/mol. The second-order valence-corrected chi connectivity index (χ2v) is 9.05. The van der Waals surface area contributed by atoms with E-state index in [1.165, 1.54) is 31.4 Å². The number of benzene rings is 3. The van der Waals surface area contributed by atoms with Gasteiger partial charge in [0.05, 0.1) is 31.2 Å². The largest absolute Gasteiger partial charge is 0.493 e. The Balaban J connectivity index is 1.67. The van der Waals surface area contributed by atoms with Crippen LogP contribution in [0.1, 0.15) is 11.1 Å². The molecule has 0 aliphatic rings. The van der Waals surface area contributed by atoms with Crippen molar-refractivity contribution in [3.63, 3.8) is 0 Å². The van der Waals surface area contributed by atoms with E-state index in [-0.39, 0.29) is 17.2 Å². The highest BCUT2D eigenvalue weighted by molar-refractivity contribution is 7.92. The topological polar surface area (TPSA) is 93.7 Å². The zero-order valence-corrected chi connectivity index (χ0v) is 19.4. The summed E-state index contributed by atoms with van der Waals surface area (Å²) in [5.41, 5.74) is 2.27. The third kappa shape index (κ3) is 5.52. The summed E-state index contributed by atoms with van der Waals surface area (Å²) in [6.45, 7) is 1.73. The van der Waals surface area contributed by atoms with Gasteiger partial charge in [-0.05, 0) is 66.6 Å². The van der Waals surface area contributed by atoms with Crippen molar-refractivity contribution < 1.29 is 22.7 Å². The summed E-state index contributed by atoms with van der Waals surface area (Å²) in [5.74, 6) is 0.866. The Labute approximate surface area is 192 Å². The number of halogens is 1. The first-order valence-corrected chi connectivity index (χ1v) is 11.5. The van der Waals surface area contributed by atoms with Gasteiger partial charge in [0.15, 0.2) is 11.5 Å². The molecule has 0 heterocycles. The zero-order valence-electron chi connectivity index (χ0n) is 17.8. The van der Waals surface area contributed by atoms with E-state index in [1.54, 1.807) is 50.4 Å². The predicted molar refractivity (Wildman–Crippen MR) is 125 cm³/mol. The van der Waals surface area contributed by atoms with Gasteiger partial charge in [0.2, 0.25) is 5.91 Å². The van der Waals surface area contributed by atoms with Gasteiger partial charge in [-0.3, -0.25) is 9.52 Å². The SMILES string of the molecule is COc1ccc(CC(=O)Nc2ccc(S(=O)(=O)Nc3cccc(Cl)c3C)cc2)cc1OC. The van der Waals surface area contributed by atoms with Gasteiger partial charge in [-0.1, -0.05) is 23.7 Å². The molecule has 7 nitrogen and oxygen atoms in total. The summed E-state index contributed by atoms with van der Waals surface area (Å²) in [5, 5.41) is 3.23. The molecule has 9 heteroatoms. The molecule has 0 aliphatic carbocycles. The minimum absolute atomic E-state index is 0.0646. The molecule has 0 fully saturated rings. The van der Waals surface area contributed by atoms with Crippen LogP contribution in [0.15, 0.2) is 65.6 Å². The molecule has 3 rings (SSSR count). The van der Waals surface area contributed by atoms with E-state index in [4.69, 9.17) is 21.1 Å². The number of hydrogen-bond acceptors (Lipinski definition) is 5. The lowest BCUT2D eigenvalue weighted by molar-refractivity contribution is -0.115. The van der Waals surface area contributed by atoms with Crippen molar-refractivity contribution in [2.75, 3.05) is 24.3 Å². The molecule has 0 saturated carbocycles. The molecule has 2 N–H and O–H groups in total. The average molecular weight is 475 g/mol. The normalized spacial score (nSPS) is 11.0. The third-order valence-corrected chi connectivity index (χ3v) is 6.56. The molecule has 32 heavy (non-hydrogen) atoms. The van der Waals surface area contributed by atoms with Crippen LogP contribution >= 0.6 is 11.6 Å². The van der Waals surface area contributed by atoms with Gasteiger partial charge in [-0.2, -0.15) is 0 Å². The van der Waals surface area contributed by atoms with Crippen LogP contribution < -0.4 is 19.5 Å². The van der Waals surface area contributed by atoms with Crippen LogP contribution in [0.25, 0.3) is 0 Å². The molecular weight excluding hydrogens is 452 g/mol. The molecule has 0 atom stereocenters. The van der Waals surface area contributed by atoms with Gasteiger partial charge in [0.25, 0.3) is 10.0 Å². The summed E-state index contributed by atoms with van der Waals surface area (Å²) < 4.78 is 38.4. The molecule has 0 saturated heterocycles. The first-order chi connectivity index (χ1) is 15.2. The maximum Gasteiger partial charge on any atom is 0.261 e. The summed E-state index contributed by atoms with van der Waals surface area (Å²) in [6, 6.07) is 16.2. The Kier molecular flexibility index (Phi) is 7.27. The highest BCUT2D eigenvalue weighted by Crippen LogP contribution is 2.28. The quantitative estimate of drug-likeness (QED) is 0.495. The zero-order chi connectivity index (χ0) is 23.3. The molecule has 0 spiro atoms. The number of ether oxygens (including phenoxy) is 2. The van der Waals surface area contributed by atoms with Gasteiger partial charge in [0, 0.05) is 10.7 Å². The van der Waals surface area contributed by atoms with E-state index in [2.05, 4.69) is 10.0 Å². The van der Waals surface area contributed by atoms with Crippen molar-refractivity contribution in [1.82, 2.24) is 0 Å². The Hall–Kier alpha value is -3.23. The molecular formula is C23H23ClN2O5S. The van der Waals surface area contributed by atoms with Crippen molar-refractivity contribution in [2.45, 2.75) is 18.2 Å². The number of sulfonamides is 1. The number of methoxy groups -OCH3 is 2. The number of hydrogen-bond donors (Lipinski definition) is 2. The van der Waals surface area contributed by atoms with Crippen molar-refractivity contribution in [3.05, 3.63) is 76.8 Å². The van der Waals surface area contributed by atoms with Gasteiger partial charge >= 0.3 is 0 Å². The summed E-state index contributed by atoms with van der Waals surface area (Å²) in [7, 11) is -0.739. The van der Waals surface area contributed by atoms with E-state index in [1.807, 2.05) is 0 Å². The fraction of sp³-hybridized carbons (Fsp3) is 0.174. The van der Waals surface area contributed by atoms with E-state index >= 15 is 0 Å².